The van der Waals surface area contributed by atoms with Gasteiger partial charge in [-0.1, -0.05) is 6.07 Å². The number of hydrogen-bond acceptors (Lipinski definition) is 4. The van der Waals surface area contributed by atoms with E-state index in [4.69, 9.17) is 15.6 Å². The third-order valence-corrected chi connectivity index (χ3v) is 3.80. The average Bonchev–Trinajstić information content (AvgIpc) is 3.16. The van der Waals surface area contributed by atoms with Crippen molar-refractivity contribution in [2.24, 2.45) is 5.73 Å². The van der Waals surface area contributed by atoms with E-state index in [0.29, 0.717) is 12.8 Å². The molecule has 0 spiro atoms. The average molecular weight is 324 g/mol. The summed E-state index contributed by atoms with van der Waals surface area (Å²) in [6.45, 7) is 5.17. The zero-order valence-electron chi connectivity index (χ0n) is 13.4. The van der Waals surface area contributed by atoms with Crippen LogP contribution in [0, 0.1) is 5.82 Å². The van der Waals surface area contributed by atoms with Gasteiger partial charge in [-0.25, -0.2) is 9.18 Å². The van der Waals surface area contributed by atoms with Crippen molar-refractivity contribution in [3.8, 4) is 0 Å². The monoisotopic (exact) mass is 324 g/mol. The second-order valence-corrected chi connectivity index (χ2v) is 6.79. The first kappa shape index (κ1) is 17.2. The molecule has 7 heteroatoms. The molecule has 0 aliphatic heterocycles. The van der Waals surface area contributed by atoms with Gasteiger partial charge < -0.3 is 15.6 Å². The zero-order valence-corrected chi connectivity index (χ0v) is 13.4. The van der Waals surface area contributed by atoms with Crippen LogP contribution in [0.1, 0.15) is 39.2 Å². The minimum atomic E-state index is -1.15. The molecule has 6 nitrogen and oxygen atoms in total. The van der Waals surface area contributed by atoms with Crippen LogP contribution < -0.4 is 11.1 Å². The van der Waals surface area contributed by atoms with Gasteiger partial charge in [0.15, 0.2) is 0 Å². The predicted molar refractivity (Wildman–Crippen MR) is 82.8 cm³/mol. The quantitative estimate of drug-likeness (QED) is 0.790. The number of anilines is 1. The minimum absolute atomic E-state index is 0.236. The maximum absolute atomic E-state index is 14.4. The molecular formula is C16H21FN2O4. The number of carbonyl (C=O) groups is 2. The fourth-order valence-electron chi connectivity index (χ4n) is 2.54. The molecule has 1 aliphatic carbocycles. The largest absolute Gasteiger partial charge is 0.480 e. The number of carbonyl (C=O) groups excluding carboxylic acids is 1. The number of benzene rings is 1. The van der Waals surface area contributed by atoms with Crippen molar-refractivity contribution in [2.45, 2.75) is 50.7 Å². The molecule has 0 aromatic heterocycles. The Labute approximate surface area is 133 Å². The summed E-state index contributed by atoms with van der Waals surface area (Å²) in [5.41, 5.74) is 4.67. The van der Waals surface area contributed by atoms with Crippen molar-refractivity contribution in [1.29, 1.82) is 0 Å². The fourth-order valence-corrected chi connectivity index (χ4v) is 2.54. The van der Waals surface area contributed by atoms with Crippen molar-refractivity contribution in [3.05, 3.63) is 29.6 Å². The summed E-state index contributed by atoms with van der Waals surface area (Å²) in [5, 5.41) is 11.5. The third-order valence-electron chi connectivity index (χ3n) is 3.80. The lowest BCUT2D eigenvalue weighted by atomic mass is 9.88. The standard InChI is InChI=1S/C16H21FN2O4/c1-15(2,3)23-14(22)19-9-4-5-10(11(17)8-9)16(6-7-16)12(18)13(20)21/h4-5,8,12H,6-7,18H2,1-3H3,(H,19,22)(H,20,21). The van der Waals surface area contributed by atoms with Crippen LogP contribution in [0.3, 0.4) is 0 Å². The van der Waals surface area contributed by atoms with E-state index in [-0.39, 0.29) is 11.3 Å². The maximum Gasteiger partial charge on any atom is 0.412 e. The van der Waals surface area contributed by atoms with Crippen LogP contribution in [0.5, 0.6) is 0 Å². The molecular weight excluding hydrogens is 303 g/mol. The van der Waals surface area contributed by atoms with Crippen LogP contribution in [0.15, 0.2) is 18.2 Å². The van der Waals surface area contributed by atoms with E-state index in [1.165, 1.54) is 12.1 Å². The van der Waals surface area contributed by atoms with E-state index >= 15 is 0 Å². The molecule has 2 rings (SSSR count). The Hall–Kier alpha value is -2.15. The molecule has 0 radical (unpaired) electrons. The topological polar surface area (TPSA) is 102 Å². The van der Waals surface area contributed by atoms with E-state index in [2.05, 4.69) is 5.32 Å². The number of ether oxygens (including phenoxy) is 1. The summed E-state index contributed by atoms with van der Waals surface area (Å²) in [4.78, 5) is 22.8. The van der Waals surface area contributed by atoms with Crippen molar-refractivity contribution in [2.75, 3.05) is 5.32 Å². The normalized spacial score (nSPS) is 17.3. The first-order valence-corrected chi connectivity index (χ1v) is 7.33. The molecule has 1 saturated carbocycles. The number of nitrogens with two attached hydrogens (primary N) is 1. The Balaban J connectivity index is 2.16. The zero-order chi connectivity index (χ0) is 17.4. The first-order valence-electron chi connectivity index (χ1n) is 7.33. The van der Waals surface area contributed by atoms with Crippen LogP contribution in [-0.2, 0) is 14.9 Å². The van der Waals surface area contributed by atoms with Gasteiger partial charge in [0.25, 0.3) is 0 Å². The molecule has 0 bridgehead atoms. The summed E-state index contributed by atoms with van der Waals surface area (Å²) >= 11 is 0. The van der Waals surface area contributed by atoms with E-state index in [0.717, 1.165) is 6.07 Å². The molecule has 1 unspecified atom stereocenters. The lowest BCUT2D eigenvalue weighted by molar-refractivity contribution is -0.139. The highest BCUT2D eigenvalue weighted by Gasteiger charge is 2.53. The molecule has 0 saturated heterocycles. The molecule has 1 aromatic rings. The van der Waals surface area contributed by atoms with Crippen molar-refractivity contribution < 1.29 is 23.8 Å². The molecule has 1 fully saturated rings. The van der Waals surface area contributed by atoms with Gasteiger partial charge in [0, 0.05) is 11.1 Å². The van der Waals surface area contributed by atoms with Gasteiger partial charge in [0.1, 0.15) is 17.5 Å². The fraction of sp³-hybridized carbons (Fsp3) is 0.500. The second kappa shape index (κ2) is 5.81. The van der Waals surface area contributed by atoms with E-state index in [1.54, 1.807) is 20.8 Å². The molecule has 23 heavy (non-hydrogen) atoms. The van der Waals surface area contributed by atoms with Gasteiger partial charge in [0.2, 0.25) is 0 Å². The Morgan fingerprint density at radius 3 is 2.43 bits per heavy atom. The van der Waals surface area contributed by atoms with Gasteiger partial charge in [-0.3, -0.25) is 10.1 Å². The molecule has 1 atom stereocenters. The Bertz CT molecular complexity index is 635. The van der Waals surface area contributed by atoms with E-state index < -0.39 is 34.9 Å². The Morgan fingerprint density at radius 1 is 1.39 bits per heavy atom. The summed E-state index contributed by atoms with van der Waals surface area (Å²) in [5.74, 6) is -1.74. The number of rotatable bonds is 4. The van der Waals surface area contributed by atoms with Gasteiger partial charge in [-0.15, -0.1) is 0 Å². The minimum Gasteiger partial charge on any atom is -0.480 e. The Morgan fingerprint density at radius 2 is 2.00 bits per heavy atom. The van der Waals surface area contributed by atoms with Crippen LogP contribution >= 0.6 is 0 Å². The number of hydrogen-bond donors (Lipinski definition) is 3. The highest BCUT2D eigenvalue weighted by atomic mass is 19.1. The van der Waals surface area contributed by atoms with Crippen LogP contribution in [0.25, 0.3) is 0 Å². The number of carboxylic acid groups (broad SMARTS) is 1. The summed E-state index contributed by atoms with van der Waals surface area (Å²) in [6, 6.07) is 2.98. The van der Waals surface area contributed by atoms with Crippen molar-refractivity contribution in [1.82, 2.24) is 0 Å². The lowest BCUT2D eigenvalue weighted by Crippen LogP contribution is -2.42. The van der Waals surface area contributed by atoms with Crippen LogP contribution in [0.2, 0.25) is 0 Å². The molecule has 1 aromatic carbocycles. The molecule has 126 valence electrons. The third kappa shape index (κ3) is 3.79. The molecule has 0 heterocycles. The van der Waals surface area contributed by atoms with Gasteiger partial charge in [0.05, 0.1) is 0 Å². The molecule has 1 aliphatic rings. The van der Waals surface area contributed by atoms with Gasteiger partial charge >= 0.3 is 12.1 Å². The SMILES string of the molecule is CC(C)(C)OC(=O)Nc1ccc(C2(C(N)C(=O)O)CC2)c(F)c1. The van der Waals surface area contributed by atoms with Crippen molar-refractivity contribution in [3.63, 3.8) is 0 Å². The lowest BCUT2D eigenvalue weighted by Gasteiger charge is -2.22. The predicted octanol–water partition coefficient (Wildman–Crippen LogP) is 2.62. The highest BCUT2D eigenvalue weighted by molar-refractivity contribution is 5.85. The van der Waals surface area contributed by atoms with E-state index in [1.807, 2.05) is 0 Å². The van der Waals surface area contributed by atoms with Crippen LogP contribution in [-0.4, -0.2) is 28.8 Å². The maximum atomic E-state index is 14.4. The van der Waals surface area contributed by atoms with Gasteiger partial charge in [-0.05, 0) is 51.3 Å². The number of carboxylic acids is 1. The van der Waals surface area contributed by atoms with Gasteiger partial charge in [-0.2, -0.15) is 0 Å². The second-order valence-electron chi connectivity index (χ2n) is 6.79. The number of halogens is 1. The molecule has 1 amide bonds. The number of amides is 1. The first-order chi connectivity index (χ1) is 10.5. The summed E-state index contributed by atoms with van der Waals surface area (Å²) in [7, 11) is 0. The van der Waals surface area contributed by atoms with E-state index in [9.17, 15) is 14.0 Å². The Kier molecular flexibility index (Phi) is 4.34. The summed E-state index contributed by atoms with van der Waals surface area (Å²) < 4.78 is 19.4. The smallest absolute Gasteiger partial charge is 0.412 e. The van der Waals surface area contributed by atoms with Crippen molar-refractivity contribution >= 4 is 17.7 Å². The number of aliphatic carboxylic acids is 1. The van der Waals surface area contributed by atoms with Crippen LogP contribution in [0.4, 0.5) is 14.9 Å². The highest BCUT2D eigenvalue weighted by Crippen LogP contribution is 2.51. The molecule has 4 N–H and O–H groups in total. The number of nitrogens with one attached hydrogen (secondary N) is 1. The summed E-state index contributed by atoms with van der Waals surface area (Å²) in [6.07, 6.45) is 0.361.